The fourth-order valence-electron chi connectivity index (χ4n) is 2.42. The van der Waals surface area contributed by atoms with Gasteiger partial charge in [0.15, 0.2) is 0 Å². The highest BCUT2D eigenvalue weighted by molar-refractivity contribution is 6.31. The predicted molar refractivity (Wildman–Crippen MR) is 87.7 cm³/mol. The normalized spacial score (nSPS) is 21.8. The van der Waals surface area contributed by atoms with E-state index in [0.717, 1.165) is 31.6 Å². The third-order valence-corrected chi connectivity index (χ3v) is 4.31. The van der Waals surface area contributed by atoms with E-state index in [2.05, 4.69) is 43.2 Å². The van der Waals surface area contributed by atoms with Gasteiger partial charge in [0.05, 0.1) is 11.6 Å². The van der Waals surface area contributed by atoms with Gasteiger partial charge in [0.1, 0.15) is 0 Å². The summed E-state index contributed by atoms with van der Waals surface area (Å²) in [7, 11) is 0. The molecule has 0 bridgehead atoms. The minimum Gasteiger partial charge on any atom is -0.477 e. The van der Waals surface area contributed by atoms with E-state index in [1.165, 1.54) is 0 Å². The van der Waals surface area contributed by atoms with E-state index in [4.69, 9.17) is 16.3 Å². The molecule has 0 spiro atoms. The molecule has 1 aromatic heterocycles. The van der Waals surface area contributed by atoms with Gasteiger partial charge in [-0.15, -0.1) is 0 Å². The Morgan fingerprint density at radius 1 is 1.38 bits per heavy atom. The maximum Gasteiger partial charge on any atom is 0.213 e. The molecule has 2 rings (SSSR count). The molecule has 1 aliphatic carbocycles. The molecule has 0 fully saturated rings. The van der Waals surface area contributed by atoms with Crippen molar-refractivity contribution in [3.63, 3.8) is 0 Å². The van der Waals surface area contributed by atoms with Gasteiger partial charge in [-0.25, -0.2) is 4.98 Å². The van der Waals surface area contributed by atoms with E-state index >= 15 is 0 Å². The van der Waals surface area contributed by atoms with Crippen molar-refractivity contribution in [1.29, 1.82) is 0 Å². The largest absolute Gasteiger partial charge is 0.477 e. The number of nitrogens with one attached hydrogen (secondary N) is 1. The summed E-state index contributed by atoms with van der Waals surface area (Å²) in [4.78, 5) is 4.28. The first-order valence-corrected chi connectivity index (χ1v) is 8.09. The molecule has 0 aromatic carbocycles. The van der Waals surface area contributed by atoms with Crippen molar-refractivity contribution in [2.24, 2.45) is 11.8 Å². The van der Waals surface area contributed by atoms with E-state index in [1.807, 2.05) is 6.07 Å². The topological polar surface area (TPSA) is 34.1 Å². The Morgan fingerprint density at radius 2 is 2.14 bits per heavy atom. The second-order valence-corrected chi connectivity index (χ2v) is 6.55. The van der Waals surface area contributed by atoms with Crippen molar-refractivity contribution in [1.82, 2.24) is 10.3 Å². The lowest BCUT2D eigenvalue weighted by Gasteiger charge is -2.25. The number of aromatic nitrogens is 1. The van der Waals surface area contributed by atoms with Gasteiger partial charge in [-0.2, -0.15) is 0 Å². The van der Waals surface area contributed by atoms with Crippen LogP contribution in [0.2, 0.25) is 5.02 Å². The lowest BCUT2D eigenvalue weighted by Crippen LogP contribution is -2.23. The molecule has 1 aliphatic rings. The van der Waals surface area contributed by atoms with Crippen LogP contribution in [0.25, 0.3) is 0 Å². The molecule has 2 unspecified atom stereocenters. The molecule has 21 heavy (non-hydrogen) atoms. The molecule has 0 saturated heterocycles. The predicted octanol–water partition coefficient (Wildman–Crippen LogP) is 4.21. The standard InChI is InChI=1S/C17H25ClN2O/c1-12(2)19-9-15-8-17(20-10-16(15)18)21-11-14-7-5-4-6-13(14)3/h4-5,8,10,12-14,19H,6-7,9,11H2,1-3H3. The van der Waals surface area contributed by atoms with Crippen LogP contribution >= 0.6 is 11.6 Å². The highest BCUT2D eigenvalue weighted by atomic mass is 35.5. The minimum atomic E-state index is 0.425. The SMILES string of the molecule is CC(C)NCc1cc(OCC2CC=CCC2C)ncc1Cl. The van der Waals surface area contributed by atoms with Gasteiger partial charge >= 0.3 is 0 Å². The van der Waals surface area contributed by atoms with Gasteiger partial charge in [-0.3, -0.25) is 0 Å². The Hall–Kier alpha value is -1.06. The fraction of sp³-hybridized carbons (Fsp3) is 0.588. The fourth-order valence-corrected chi connectivity index (χ4v) is 2.59. The van der Waals surface area contributed by atoms with E-state index in [1.54, 1.807) is 6.20 Å². The van der Waals surface area contributed by atoms with Crippen LogP contribution in [-0.4, -0.2) is 17.6 Å². The molecule has 3 nitrogen and oxygen atoms in total. The number of allylic oxidation sites excluding steroid dienone is 2. The minimum absolute atomic E-state index is 0.425. The van der Waals surface area contributed by atoms with Crippen molar-refractivity contribution in [2.75, 3.05) is 6.61 Å². The summed E-state index contributed by atoms with van der Waals surface area (Å²) >= 11 is 6.18. The first-order chi connectivity index (χ1) is 10.1. The maximum atomic E-state index is 6.18. The van der Waals surface area contributed by atoms with Gasteiger partial charge in [-0.05, 0) is 30.2 Å². The van der Waals surface area contributed by atoms with Gasteiger partial charge in [0, 0.05) is 24.8 Å². The molecule has 4 heteroatoms. The Bertz CT molecular complexity index is 488. The van der Waals surface area contributed by atoms with Crippen LogP contribution in [0.1, 0.15) is 39.2 Å². The highest BCUT2D eigenvalue weighted by Gasteiger charge is 2.19. The molecule has 1 N–H and O–H groups in total. The smallest absolute Gasteiger partial charge is 0.213 e. The Morgan fingerprint density at radius 3 is 2.86 bits per heavy atom. The highest BCUT2D eigenvalue weighted by Crippen LogP contribution is 2.26. The zero-order chi connectivity index (χ0) is 15.2. The zero-order valence-electron chi connectivity index (χ0n) is 13.1. The van der Waals surface area contributed by atoms with E-state index < -0.39 is 0 Å². The van der Waals surface area contributed by atoms with Crippen molar-refractivity contribution in [2.45, 2.75) is 46.2 Å². The van der Waals surface area contributed by atoms with Crippen molar-refractivity contribution in [3.8, 4) is 5.88 Å². The van der Waals surface area contributed by atoms with Crippen molar-refractivity contribution >= 4 is 11.6 Å². The van der Waals surface area contributed by atoms with Crippen LogP contribution in [0.5, 0.6) is 5.88 Å². The summed E-state index contributed by atoms with van der Waals surface area (Å²) in [5, 5.41) is 4.05. The van der Waals surface area contributed by atoms with Crippen LogP contribution in [0.15, 0.2) is 24.4 Å². The first kappa shape index (κ1) is 16.3. The molecule has 116 valence electrons. The molecule has 0 saturated carbocycles. The molecular weight excluding hydrogens is 284 g/mol. The number of rotatable bonds is 6. The summed E-state index contributed by atoms with van der Waals surface area (Å²) in [6.45, 7) is 7.97. The molecule has 1 heterocycles. The zero-order valence-corrected chi connectivity index (χ0v) is 13.9. The summed E-state index contributed by atoms with van der Waals surface area (Å²) in [6, 6.07) is 2.37. The second kappa shape index (κ2) is 7.81. The Balaban J connectivity index is 1.93. The van der Waals surface area contributed by atoms with Gasteiger partial charge in [-0.1, -0.05) is 44.5 Å². The lowest BCUT2D eigenvalue weighted by molar-refractivity contribution is 0.192. The summed E-state index contributed by atoms with van der Waals surface area (Å²) in [5.41, 5.74) is 1.03. The van der Waals surface area contributed by atoms with Crippen LogP contribution in [0, 0.1) is 11.8 Å². The molecule has 0 aliphatic heterocycles. The van der Waals surface area contributed by atoms with Crippen LogP contribution in [0.4, 0.5) is 0 Å². The number of ether oxygens (including phenoxy) is 1. The number of hydrogen-bond acceptors (Lipinski definition) is 3. The van der Waals surface area contributed by atoms with Crippen LogP contribution in [0.3, 0.4) is 0 Å². The summed E-state index contributed by atoms with van der Waals surface area (Å²) in [6.07, 6.45) is 8.43. The third-order valence-electron chi connectivity index (χ3n) is 3.97. The summed E-state index contributed by atoms with van der Waals surface area (Å²) in [5.74, 6) is 1.91. The lowest BCUT2D eigenvalue weighted by atomic mass is 9.85. The Kier molecular flexibility index (Phi) is 6.07. The van der Waals surface area contributed by atoms with Crippen LogP contribution < -0.4 is 10.1 Å². The van der Waals surface area contributed by atoms with E-state index in [9.17, 15) is 0 Å². The Labute approximate surface area is 132 Å². The average molecular weight is 309 g/mol. The van der Waals surface area contributed by atoms with Crippen molar-refractivity contribution < 1.29 is 4.74 Å². The molecule has 0 amide bonds. The molecule has 1 aromatic rings. The van der Waals surface area contributed by atoms with Crippen LogP contribution in [-0.2, 0) is 6.54 Å². The number of pyridine rings is 1. The average Bonchev–Trinajstić information content (AvgIpc) is 2.46. The second-order valence-electron chi connectivity index (χ2n) is 6.14. The summed E-state index contributed by atoms with van der Waals surface area (Å²) < 4.78 is 5.89. The molecular formula is C17H25ClN2O. The van der Waals surface area contributed by atoms with Crippen molar-refractivity contribution in [3.05, 3.63) is 35.0 Å². The van der Waals surface area contributed by atoms with E-state index in [-0.39, 0.29) is 0 Å². The third kappa shape index (κ3) is 5.01. The first-order valence-electron chi connectivity index (χ1n) is 7.72. The monoisotopic (exact) mass is 308 g/mol. The van der Waals surface area contributed by atoms with E-state index in [0.29, 0.717) is 28.8 Å². The number of halogens is 1. The number of hydrogen-bond donors (Lipinski definition) is 1. The maximum absolute atomic E-state index is 6.18. The van der Waals surface area contributed by atoms with Gasteiger partial charge in [0.25, 0.3) is 0 Å². The van der Waals surface area contributed by atoms with Gasteiger partial charge < -0.3 is 10.1 Å². The van der Waals surface area contributed by atoms with Gasteiger partial charge in [0.2, 0.25) is 5.88 Å². The quantitative estimate of drug-likeness (QED) is 0.799. The molecule has 0 radical (unpaired) electrons. The number of nitrogens with zero attached hydrogens (tertiary/aromatic N) is 1. The molecule has 2 atom stereocenters.